The Kier molecular flexibility index (Phi) is 10.8. The minimum atomic E-state index is -4.14. The first-order valence-electron chi connectivity index (χ1n) is 13.4. The van der Waals surface area contributed by atoms with Crippen molar-refractivity contribution in [2.75, 3.05) is 17.4 Å². The molecular weight excluding hydrogens is 546 g/mol. The third-order valence-corrected chi connectivity index (χ3v) is 8.55. The fraction of sp³-hybridized carbons (Fsp3) is 0.355. The highest BCUT2D eigenvalue weighted by Crippen LogP contribution is 2.26. The predicted octanol–water partition coefficient (Wildman–Crippen LogP) is 5.73. The summed E-state index contributed by atoms with van der Waals surface area (Å²) >= 11 is 6.01. The molecule has 0 aliphatic rings. The number of hydrogen-bond acceptors (Lipinski definition) is 4. The van der Waals surface area contributed by atoms with E-state index in [0.717, 1.165) is 21.0 Å². The molecule has 0 aliphatic heterocycles. The average molecular weight is 584 g/mol. The van der Waals surface area contributed by atoms with Gasteiger partial charge in [0, 0.05) is 18.1 Å². The van der Waals surface area contributed by atoms with Crippen LogP contribution in [0.3, 0.4) is 0 Å². The lowest BCUT2D eigenvalue weighted by atomic mass is 10.1. The number of halogens is 1. The number of rotatable bonds is 12. The molecule has 0 unspecified atom stereocenters. The summed E-state index contributed by atoms with van der Waals surface area (Å²) in [7, 11) is -4.14. The highest BCUT2D eigenvalue weighted by molar-refractivity contribution is 7.92. The molecule has 1 N–H and O–H groups in total. The molecule has 0 bridgehead atoms. The van der Waals surface area contributed by atoms with E-state index in [9.17, 15) is 18.0 Å². The number of carbonyl (C=O) groups is 2. The Morgan fingerprint density at radius 2 is 1.57 bits per heavy atom. The molecule has 0 heterocycles. The lowest BCUT2D eigenvalue weighted by molar-refractivity contribution is -0.140. The van der Waals surface area contributed by atoms with E-state index in [-0.39, 0.29) is 23.3 Å². The summed E-state index contributed by atoms with van der Waals surface area (Å²) in [5.74, 6) is -0.505. The number of sulfonamides is 1. The monoisotopic (exact) mass is 583 g/mol. The van der Waals surface area contributed by atoms with Crippen molar-refractivity contribution < 1.29 is 18.0 Å². The van der Waals surface area contributed by atoms with Gasteiger partial charge in [0.1, 0.15) is 12.6 Å². The lowest BCUT2D eigenvalue weighted by Gasteiger charge is -2.33. The van der Waals surface area contributed by atoms with Crippen LogP contribution in [-0.4, -0.2) is 44.3 Å². The van der Waals surface area contributed by atoms with E-state index in [1.54, 1.807) is 18.2 Å². The fourth-order valence-corrected chi connectivity index (χ4v) is 5.81. The highest BCUT2D eigenvalue weighted by atomic mass is 35.5. The molecular formula is C31H38ClN3O4S. The molecule has 9 heteroatoms. The Labute approximate surface area is 243 Å². The topological polar surface area (TPSA) is 86.8 Å². The second-order valence-corrected chi connectivity index (χ2v) is 12.7. The molecule has 2 amide bonds. The molecule has 0 radical (unpaired) electrons. The van der Waals surface area contributed by atoms with Gasteiger partial charge in [0.2, 0.25) is 11.8 Å². The molecule has 7 nitrogen and oxygen atoms in total. The average Bonchev–Trinajstić information content (AvgIpc) is 2.91. The van der Waals surface area contributed by atoms with Gasteiger partial charge in [-0.15, -0.1) is 0 Å². The van der Waals surface area contributed by atoms with Gasteiger partial charge in [-0.05, 0) is 73.7 Å². The second kappa shape index (κ2) is 13.8. The summed E-state index contributed by atoms with van der Waals surface area (Å²) < 4.78 is 28.9. The standard InChI is InChI=1S/C31H38ClN3O4S/c1-6-29(31(37)33-19-22(2)3)34(20-25-12-10-23(4)11-13-25)30(36)21-35(27-9-7-8-24(5)18-27)40(38,39)28-16-14-26(32)15-17-28/h7-18,22,29H,6,19-21H2,1-5H3,(H,33,37)/t29-/m1/s1. The summed E-state index contributed by atoms with van der Waals surface area (Å²) in [4.78, 5) is 28.8. The Balaban J connectivity index is 2.04. The minimum Gasteiger partial charge on any atom is -0.354 e. The van der Waals surface area contributed by atoms with Crippen molar-refractivity contribution in [3.63, 3.8) is 0 Å². The van der Waals surface area contributed by atoms with Crippen LogP contribution in [0.5, 0.6) is 0 Å². The number of aryl methyl sites for hydroxylation is 2. The highest BCUT2D eigenvalue weighted by Gasteiger charge is 2.33. The van der Waals surface area contributed by atoms with E-state index in [1.807, 2.05) is 65.0 Å². The van der Waals surface area contributed by atoms with Crippen molar-refractivity contribution in [3.05, 3.63) is 94.5 Å². The smallest absolute Gasteiger partial charge is 0.264 e. The maximum atomic E-state index is 14.1. The number of anilines is 1. The number of hydrogen-bond donors (Lipinski definition) is 1. The van der Waals surface area contributed by atoms with E-state index in [0.29, 0.717) is 23.7 Å². The SMILES string of the molecule is CC[C@H](C(=O)NCC(C)C)N(Cc1ccc(C)cc1)C(=O)CN(c1cccc(C)c1)S(=O)(=O)c1ccc(Cl)cc1. The first-order valence-corrected chi connectivity index (χ1v) is 15.2. The van der Waals surface area contributed by atoms with Crippen molar-refractivity contribution >= 4 is 39.1 Å². The van der Waals surface area contributed by atoms with Crippen LogP contribution in [0.2, 0.25) is 5.02 Å². The van der Waals surface area contributed by atoms with Crippen molar-refractivity contribution in [2.24, 2.45) is 5.92 Å². The van der Waals surface area contributed by atoms with E-state index < -0.39 is 28.5 Å². The zero-order chi connectivity index (χ0) is 29.4. The van der Waals surface area contributed by atoms with Crippen LogP contribution in [0, 0.1) is 19.8 Å². The Morgan fingerprint density at radius 1 is 0.925 bits per heavy atom. The van der Waals surface area contributed by atoms with E-state index >= 15 is 0 Å². The third-order valence-electron chi connectivity index (χ3n) is 6.51. The molecule has 0 saturated carbocycles. The number of benzene rings is 3. The van der Waals surface area contributed by atoms with Crippen LogP contribution in [-0.2, 0) is 26.2 Å². The summed E-state index contributed by atoms with van der Waals surface area (Å²) in [5.41, 5.74) is 3.12. The molecule has 0 aromatic heterocycles. The Morgan fingerprint density at radius 3 is 2.15 bits per heavy atom. The van der Waals surface area contributed by atoms with Crippen molar-refractivity contribution in [3.8, 4) is 0 Å². The van der Waals surface area contributed by atoms with Gasteiger partial charge >= 0.3 is 0 Å². The van der Waals surface area contributed by atoms with Gasteiger partial charge in [0.05, 0.1) is 10.6 Å². The van der Waals surface area contributed by atoms with Gasteiger partial charge in [-0.2, -0.15) is 0 Å². The molecule has 3 aromatic carbocycles. The molecule has 0 aliphatic carbocycles. The quantitative estimate of drug-likeness (QED) is 0.295. The van der Waals surface area contributed by atoms with Crippen LogP contribution >= 0.6 is 11.6 Å². The minimum absolute atomic E-state index is 0.0120. The molecule has 3 aromatic rings. The molecule has 0 saturated heterocycles. The fourth-order valence-electron chi connectivity index (χ4n) is 4.28. The van der Waals surface area contributed by atoms with Crippen LogP contribution in [0.1, 0.15) is 43.9 Å². The molecule has 40 heavy (non-hydrogen) atoms. The third kappa shape index (κ3) is 8.08. The first kappa shape index (κ1) is 31.2. The van der Waals surface area contributed by atoms with Crippen LogP contribution < -0.4 is 9.62 Å². The lowest BCUT2D eigenvalue weighted by Crippen LogP contribution is -2.52. The van der Waals surface area contributed by atoms with Gasteiger partial charge in [0.25, 0.3) is 10.0 Å². The van der Waals surface area contributed by atoms with Crippen LogP contribution in [0.4, 0.5) is 5.69 Å². The summed E-state index contributed by atoms with van der Waals surface area (Å²) in [5, 5.41) is 3.34. The summed E-state index contributed by atoms with van der Waals surface area (Å²) in [6.45, 7) is 9.83. The van der Waals surface area contributed by atoms with Gasteiger partial charge in [0.15, 0.2) is 0 Å². The number of amides is 2. The van der Waals surface area contributed by atoms with E-state index in [4.69, 9.17) is 11.6 Å². The maximum absolute atomic E-state index is 14.1. The van der Waals surface area contributed by atoms with Crippen molar-refractivity contribution in [2.45, 2.75) is 58.5 Å². The summed E-state index contributed by atoms with van der Waals surface area (Å²) in [6.07, 6.45) is 0.371. The first-order chi connectivity index (χ1) is 18.9. The van der Waals surface area contributed by atoms with E-state index in [2.05, 4.69) is 5.32 Å². The number of nitrogens with zero attached hydrogens (tertiary/aromatic N) is 2. The van der Waals surface area contributed by atoms with Crippen molar-refractivity contribution in [1.29, 1.82) is 0 Å². The van der Waals surface area contributed by atoms with Crippen molar-refractivity contribution in [1.82, 2.24) is 10.2 Å². The Hall–Kier alpha value is -3.36. The normalized spacial score (nSPS) is 12.2. The molecule has 0 spiro atoms. The molecule has 214 valence electrons. The number of carbonyl (C=O) groups excluding carboxylic acids is 2. The summed E-state index contributed by atoms with van der Waals surface area (Å²) in [6, 6.07) is 19.8. The van der Waals surface area contributed by atoms with Gasteiger partial charge in [-0.3, -0.25) is 13.9 Å². The zero-order valence-corrected chi connectivity index (χ0v) is 25.3. The van der Waals surface area contributed by atoms with E-state index in [1.165, 1.54) is 29.2 Å². The van der Waals surface area contributed by atoms with Gasteiger partial charge in [-0.1, -0.05) is 74.3 Å². The molecule has 3 rings (SSSR count). The number of nitrogens with one attached hydrogen (secondary N) is 1. The maximum Gasteiger partial charge on any atom is 0.264 e. The van der Waals surface area contributed by atoms with Gasteiger partial charge < -0.3 is 10.2 Å². The van der Waals surface area contributed by atoms with Gasteiger partial charge in [-0.25, -0.2) is 8.42 Å². The second-order valence-electron chi connectivity index (χ2n) is 10.4. The largest absolute Gasteiger partial charge is 0.354 e. The predicted molar refractivity (Wildman–Crippen MR) is 161 cm³/mol. The molecule has 0 fully saturated rings. The van der Waals surface area contributed by atoms with Crippen LogP contribution in [0.25, 0.3) is 0 Å². The van der Waals surface area contributed by atoms with Crippen LogP contribution in [0.15, 0.2) is 77.7 Å². The molecule has 1 atom stereocenters. The zero-order valence-electron chi connectivity index (χ0n) is 23.7. The Bertz CT molecular complexity index is 1410.